The summed E-state index contributed by atoms with van der Waals surface area (Å²) in [6, 6.07) is 17.3. The quantitative estimate of drug-likeness (QED) is 0.257. The number of aromatic amines is 2. The number of fused-ring (bicyclic) bond motifs is 4. The number of nitrogens with one attached hydrogen (secondary N) is 2. The fourth-order valence-corrected chi connectivity index (χ4v) is 4.98. The third kappa shape index (κ3) is 4.61. The second kappa shape index (κ2) is 10.0. The molecule has 0 aliphatic carbocycles. The number of hydrogen-bond acceptors (Lipinski definition) is 3. The van der Waals surface area contributed by atoms with Gasteiger partial charge < -0.3 is 14.9 Å². The van der Waals surface area contributed by atoms with Gasteiger partial charge in [-0.25, -0.2) is 0 Å². The van der Waals surface area contributed by atoms with Gasteiger partial charge in [0, 0.05) is 39.1 Å². The highest BCUT2D eigenvalue weighted by molar-refractivity contribution is 6.02. The molecule has 2 heterocycles. The van der Waals surface area contributed by atoms with E-state index < -0.39 is 0 Å². The van der Waals surface area contributed by atoms with Gasteiger partial charge in [-0.1, -0.05) is 44.9 Å². The maximum Gasteiger partial charge on any atom is 0.197 e. The summed E-state index contributed by atoms with van der Waals surface area (Å²) in [5.41, 5.74) is 4.11. The summed E-state index contributed by atoms with van der Waals surface area (Å²) < 4.78 is 0. The molecule has 5 rings (SSSR count). The predicted molar refractivity (Wildman–Crippen MR) is 148 cm³/mol. The number of para-hydroxylation sites is 1. The first-order valence-corrected chi connectivity index (χ1v) is 12.8. The molecule has 0 fully saturated rings. The largest absolute Gasteiger partial charge is 0.354 e. The van der Waals surface area contributed by atoms with E-state index >= 15 is 0 Å². The van der Waals surface area contributed by atoms with Crippen molar-refractivity contribution < 1.29 is 0 Å². The van der Waals surface area contributed by atoms with Gasteiger partial charge in [0.25, 0.3) is 0 Å². The predicted octanol–water partition coefficient (Wildman–Crippen LogP) is 6.12. The van der Waals surface area contributed by atoms with Gasteiger partial charge in [-0.05, 0) is 74.3 Å². The highest BCUT2D eigenvalue weighted by atomic mass is 16.1. The first-order valence-electron chi connectivity index (χ1n) is 12.8. The Morgan fingerprint density at radius 3 is 1.86 bits per heavy atom. The standard InChI is InChI=1S/C30H33N3O2/c1-3-5-14-33(15-6-4-2)16-13-20-11-12-26-22(17-20)30(35)24-19-27-23(18-28(24)32-26)29(34)21-9-7-8-10-25(21)31-27/h7-12,17-19H,3-6,13-16H2,1-2H3,(H,31,34)(H,32,35). The average Bonchev–Trinajstić information content (AvgIpc) is 2.88. The number of aromatic nitrogens is 2. The molecular formula is C30H33N3O2. The second-order valence-corrected chi connectivity index (χ2v) is 9.58. The zero-order valence-corrected chi connectivity index (χ0v) is 20.6. The summed E-state index contributed by atoms with van der Waals surface area (Å²) in [5, 5.41) is 2.54. The van der Waals surface area contributed by atoms with Gasteiger partial charge in [0.05, 0.1) is 11.0 Å². The highest BCUT2D eigenvalue weighted by Crippen LogP contribution is 2.22. The lowest BCUT2D eigenvalue weighted by atomic mass is 10.0. The maximum absolute atomic E-state index is 13.5. The summed E-state index contributed by atoms with van der Waals surface area (Å²) in [4.78, 5) is 35.9. The Labute approximate surface area is 204 Å². The molecule has 2 aromatic heterocycles. The maximum atomic E-state index is 13.5. The van der Waals surface area contributed by atoms with Crippen LogP contribution in [0.3, 0.4) is 0 Å². The van der Waals surface area contributed by atoms with Crippen molar-refractivity contribution in [3.05, 3.63) is 80.6 Å². The topological polar surface area (TPSA) is 69.0 Å². The highest BCUT2D eigenvalue weighted by Gasteiger charge is 2.12. The molecule has 35 heavy (non-hydrogen) atoms. The number of hydrogen-bond donors (Lipinski definition) is 2. The monoisotopic (exact) mass is 467 g/mol. The first-order chi connectivity index (χ1) is 17.1. The fraction of sp³-hybridized carbons (Fsp3) is 0.333. The van der Waals surface area contributed by atoms with E-state index in [0.29, 0.717) is 32.6 Å². The average molecular weight is 468 g/mol. The lowest BCUT2D eigenvalue weighted by molar-refractivity contribution is 0.268. The number of benzene rings is 3. The molecule has 0 radical (unpaired) electrons. The molecule has 0 atom stereocenters. The van der Waals surface area contributed by atoms with E-state index in [1.54, 1.807) is 0 Å². The Kier molecular flexibility index (Phi) is 6.69. The van der Waals surface area contributed by atoms with Gasteiger partial charge in [0.15, 0.2) is 10.9 Å². The van der Waals surface area contributed by atoms with Crippen LogP contribution in [0.4, 0.5) is 0 Å². The van der Waals surface area contributed by atoms with Gasteiger partial charge in [-0.2, -0.15) is 0 Å². The van der Waals surface area contributed by atoms with Gasteiger partial charge in [-0.3, -0.25) is 9.59 Å². The number of pyridine rings is 2. The van der Waals surface area contributed by atoms with Crippen LogP contribution in [0.5, 0.6) is 0 Å². The molecule has 0 saturated carbocycles. The van der Waals surface area contributed by atoms with Crippen LogP contribution in [0.1, 0.15) is 45.1 Å². The molecule has 0 spiro atoms. The van der Waals surface area contributed by atoms with Crippen molar-refractivity contribution >= 4 is 43.6 Å². The molecule has 3 aromatic carbocycles. The van der Waals surface area contributed by atoms with Crippen molar-refractivity contribution in [1.82, 2.24) is 14.9 Å². The molecule has 5 aromatic rings. The van der Waals surface area contributed by atoms with Crippen molar-refractivity contribution in [3.63, 3.8) is 0 Å². The lowest BCUT2D eigenvalue weighted by Crippen LogP contribution is -2.28. The third-order valence-corrected chi connectivity index (χ3v) is 7.06. The van der Waals surface area contributed by atoms with E-state index in [1.807, 2.05) is 48.5 Å². The summed E-state index contributed by atoms with van der Waals surface area (Å²) >= 11 is 0. The molecular weight excluding hydrogens is 434 g/mol. The Bertz CT molecular complexity index is 1620. The molecule has 2 N–H and O–H groups in total. The van der Waals surface area contributed by atoms with E-state index in [1.165, 1.54) is 31.2 Å². The molecule has 0 saturated heterocycles. The van der Waals surface area contributed by atoms with Gasteiger partial charge in [-0.15, -0.1) is 0 Å². The molecule has 0 aliphatic heterocycles. The summed E-state index contributed by atoms with van der Waals surface area (Å²) in [6.45, 7) is 7.75. The minimum atomic E-state index is -0.0248. The lowest BCUT2D eigenvalue weighted by Gasteiger charge is -2.22. The van der Waals surface area contributed by atoms with Crippen LogP contribution in [0.25, 0.3) is 43.6 Å². The van der Waals surface area contributed by atoms with Crippen molar-refractivity contribution in [1.29, 1.82) is 0 Å². The Morgan fingerprint density at radius 2 is 1.20 bits per heavy atom. The van der Waals surface area contributed by atoms with Crippen LogP contribution < -0.4 is 10.9 Å². The van der Waals surface area contributed by atoms with Crippen LogP contribution in [-0.2, 0) is 6.42 Å². The Hall–Kier alpha value is -3.44. The number of H-pyrrole nitrogens is 2. The minimum absolute atomic E-state index is 0.000305. The number of rotatable bonds is 9. The van der Waals surface area contributed by atoms with Gasteiger partial charge >= 0.3 is 0 Å². The number of nitrogens with zero attached hydrogens (tertiary/aromatic N) is 1. The fourth-order valence-electron chi connectivity index (χ4n) is 4.98. The molecule has 5 nitrogen and oxygen atoms in total. The second-order valence-electron chi connectivity index (χ2n) is 9.58. The zero-order valence-electron chi connectivity index (χ0n) is 20.6. The first kappa shape index (κ1) is 23.3. The SMILES string of the molecule is CCCCN(CCCC)CCc1ccc2[nH]c3cc4c(=O)c5ccccc5[nH]c4cc3c(=O)c2c1. The summed E-state index contributed by atoms with van der Waals surface area (Å²) in [5.74, 6) is 0. The minimum Gasteiger partial charge on any atom is -0.354 e. The molecule has 0 amide bonds. The molecule has 180 valence electrons. The Balaban J connectivity index is 1.53. The van der Waals surface area contributed by atoms with Gasteiger partial charge in [0.2, 0.25) is 0 Å². The number of unbranched alkanes of at least 4 members (excludes halogenated alkanes) is 2. The zero-order chi connectivity index (χ0) is 24.4. The molecule has 5 heteroatoms. The van der Waals surface area contributed by atoms with E-state index in [2.05, 4.69) is 34.8 Å². The molecule has 0 unspecified atom stereocenters. The van der Waals surface area contributed by atoms with E-state index in [0.717, 1.165) is 37.1 Å². The van der Waals surface area contributed by atoms with Crippen LogP contribution in [-0.4, -0.2) is 34.5 Å². The van der Waals surface area contributed by atoms with Crippen LogP contribution in [0.15, 0.2) is 64.2 Å². The van der Waals surface area contributed by atoms with E-state index in [-0.39, 0.29) is 10.9 Å². The van der Waals surface area contributed by atoms with Crippen LogP contribution >= 0.6 is 0 Å². The van der Waals surface area contributed by atoms with Crippen molar-refractivity contribution in [3.8, 4) is 0 Å². The van der Waals surface area contributed by atoms with Gasteiger partial charge in [0.1, 0.15) is 0 Å². The Morgan fingerprint density at radius 1 is 0.629 bits per heavy atom. The van der Waals surface area contributed by atoms with Crippen molar-refractivity contribution in [2.45, 2.75) is 46.0 Å². The smallest absolute Gasteiger partial charge is 0.197 e. The van der Waals surface area contributed by atoms with E-state index in [4.69, 9.17) is 0 Å². The molecule has 0 aliphatic rings. The van der Waals surface area contributed by atoms with Crippen LogP contribution in [0.2, 0.25) is 0 Å². The normalized spacial score (nSPS) is 12.0. The third-order valence-electron chi connectivity index (χ3n) is 7.06. The van der Waals surface area contributed by atoms with Crippen molar-refractivity contribution in [2.24, 2.45) is 0 Å². The van der Waals surface area contributed by atoms with E-state index in [9.17, 15) is 9.59 Å². The summed E-state index contributed by atoms with van der Waals surface area (Å²) in [7, 11) is 0. The molecule has 0 bridgehead atoms. The van der Waals surface area contributed by atoms with Crippen molar-refractivity contribution in [2.75, 3.05) is 19.6 Å². The van der Waals surface area contributed by atoms with Crippen LogP contribution in [0, 0.1) is 0 Å². The summed E-state index contributed by atoms with van der Waals surface area (Å²) in [6.07, 6.45) is 5.78.